The zero-order chi connectivity index (χ0) is 19.3. The number of hydrogen-bond donors (Lipinski definition) is 0. The SMILES string of the molecule is N#C/C(=N\[C@@H](c1ccccc1)C1CCCCC1)c1ccc(C(F)(F)F)cc1. The van der Waals surface area contributed by atoms with Crippen molar-refractivity contribution in [1.82, 2.24) is 0 Å². The summed E-state index contributed by atoms with van der Waals surface area (Å²) < 4.78 is 38.3. The fourth-order valence-electron chi connectivity index (χ4n) is 3.68. The van der Waals surface area contributed by atoms with E-state index in [0.29, 0.717) is 11.5 Å². The molecule has 0 bridgehead atoms. The minimum atomic E-state index is -4.39. The average Bonchev–Trinajstić information content (AvgIpc) is 2.70. The molecule has 5 heteroatoms. The normalized spacial score (nSPS) is 17.3. The van der Waals surface area contributed by atoms with Crippen LogP contribution >= 0.6 is 0 Å². The number of nitrogens with zero attached hydrogens (tertiary/aromatic N) is 2. The molecule has 0 aliphatic heterocycles. The van der Waals surface area contributed by atoms with Crippen molar-refractivity contribution in [1.29, 1.82) is 5.26 Å². The average molecular weight is 370 g/mol. The van der Waals surface area contributed by atoms with Gasteiger partial charge in [-0.25, -0.2) is 0 Å². The molecule has 1 atom stereocenters. The van der Waals surface area contributed by atoms with Gasteiger partial charge in [0.1, 0.15) is 11.8 Å². The molecule has 0 unspecified atom stereocenters. The second-order valence-electron chi connectivity index (χ2n) is 6.92. The van der Waals surface area contributed by atoms with Crippen LogP contribution in [0, 0.1) is 17.2 Å². The highest BCUT2D eigenvalue weighted by Crippen LogP contribution is 2.37. The maximum Gasteiger partial charge on any atom is 0.416 e. The highest BCUT2D eigenvalue weighted by molar-refractivity contribution is 6.11. The summed E-state index contributed by atoms with van der Waals surface area (Å²) in [6.45, 7) is 0. The van der Waals surface area contributed by atoms with Crippen molar-refractivity contribution in [2.45, 2.75) is 44.3 Å². The Morgan fingerprint density at radius 1 is 0.963 bits per heavy atom. The van der Waals surface area contributed by atoms with Crippen LogP contribution in [-0.4, -0.2) is 5.71 Å². The molecule has 2 nitrogen and oxygen atoms in total. The maximum absolute atomic E-state index is 12.8. The van der Waals surface area contributed by atoms with E-state index in [1.807, 2.05) is 30.3 Å². The molecule has 3 rings (SSSR count). The van der Waals surface area contributed by atoms with Crippen molar-refractivity contribution in [3.8, 4) is 6.07 Å². The van der Waals surface area contributed by atoms with Gasteiger partial charge in [0.05, 0.1) is 11.6 Å². The van der Waals surface area contributed by atoms with E-state index in [-0.39, 0.29) is 11.8 Å². The van der Waals surface area contributed by atoms with Crippen LogP contribution in [0.2, 0.25) is 0 Å². The first-order chi connectivity index (χ1) is 13.0. The number of nitriles is 1. The van der Waals surface area contributed by atoms with Crippen molar-refractivity contribution in [2.24, 2.45) is 10.9 Å². The van der Waals surface area contributed by atoms with Gasteiger partial charge in [-0.2, -0.15) is 18.4 Å². The summed E-state index contributed by atoms with van der Waals surface area (Å²) >= 11 is 0. The first-order valence-electron chi connectivity index (χ1n) is 9.19. The van der Waals surface area contributed by atoms with E-state index in [0.717, 1.165) is 43.4 Å². The Hall–Kier alpha value is -2.61. The molecule has 0 saturated heterocycles. The summed E-state index contributed by atoms with van der Waals surface area (Å²) in [6, 6.07) is 16.4. The number of rotatable bonds is 4. The van der Waals surface area contributed by atoms with Gasteiger partial charge in [0.25, 0.3) is 0 Å². The van der Waals surface area contributed by atoms with Gasteiger partial charge < -0.3 is 0 Å². The molecule has 0 aromatic heterocycles. The largest absolute Gasteiger partial charge is 0.416 e. The van der Waals surface area contributed by atoms with Crippen LogP contribution in [0.3, 0.4) is 0 Å². The van der Waals surface area contributed by atoms with Crippen LogP contribution in [0.15, 0.2) is 59.6 Å². The predicted molar refractivity (Wildman–Crippen MR) is 99.4 cm³/mol. The summed E-state index contributed by atoms with van der Waals surface area (Å²) in [5, 5.41) is 9.60. The third-order valence-electron chi connectivity index (χ3n) is 5.10. The van der Waals surface area contributed by atoms with Gasteiger partial charge in [0, 0.05) is 5.56 Å². The Bertz CT molecular complexity index is 811. The second kappa shape index (κ2) is 8.39. The minimum Gasteiger partial charge on any atom is -0.265 e. The number of hydrogen-bond acceptors (Lipinski definition) is 2. The molecular formula is C22H21F3N2. The second-order valence-corrected chi connectivity index (χ2v) is 6.92. The highest BCUT2D eigenvalue weighted by atomic mass is 19.4. The zero-order valence-electron chi connectivity index (χ0n) is 14.9. The molecule has 27 heavy (non-hydrogen) atoms. The molecule has 1 aliphatic rings. The van der Waals surface area contributed by atoms with Gasteiger partial charge in [-0.05, 0) is 36.5 Å². The lowest BCUT2D eigenvalue weighted by Crippen LogP contribution is -2.17. The Kier molecular flexibility index (Phi) is 5.95. The van der Waals surface area contributed by atoms with Gasteiger partial charge >= 0.3 is 6.18 Å². The van der Waals surface area contributed by atoms with Gasteiger partial charge in [0.2, 0.25) is 0 Å². The van der Waals surface area contributed by atoms with E-state index >= 15 is 0 Å². The molecule has 1 fully saturated rings. The molecule has 0 spiro atoms. The lowest BCUT2D eigenvalue weighted by atomic mass is 9.81. The molecule has 0 radical (unpaired) electrons. The Morgan fingerprint density at radius 2 is 1.59 bits per heavy atom. The monoisotopic (exact) mass is 370 g/mol. The van der Waals surface area contributed by atoms with Crippen molar-refractivity contribution in [2.75, 3.05) is 0 Å². The molecular weight excluding hydrogens is 349 g/mol. The topological polar surface area (TPSA) is 36.1 Å². The van der Waals surface area contributed by atoms with Crippen LogP contribution < -0.4 is 0 Å². The zero-order valence-corrected chi connectivity index (χ0v) is 14.9. The molecule has 1 saturated carbocycles. The highest BCUT2D eigenvalue weighted by Gasteiger charge is 2.30. The number of halogens is 3. The lowest BCUT2D eigenvalue weighted by molar-refractivity contribution is -0.137. The van der Waals surface area contributed by atoms with E-state index in [1.54, 1.807) is 0 Å². The first-order valence-corrected chi connectivity index (χ1v) is 9.19. The lowest BCUT2D eigenvalue weighted by Gasteiger charge is -2.28. The summed E-state index contributed by atoms with van der Waals surface area (Å²) in [6.07, 6.45) is 1.21. The third-order valence-corrected chi connectivity index (χ3v) is 5.10. The molecule has 0 amide bonds. The van der Waals surface area contributed by atoms with Crippen LogP contribution in [-0.2, 0) is 6.18 Å². The number of benzene rings is 2. The third kappa shape index (κ3) is 4.77. The van der Waals surface area contributed by atoms with Crippen molar-refractivity contribution >= 4 is 5.71 Å². The molecule has 0 N–H and O–H groups in total. The van der Waals surface area contributed by atoms with E-state index in [9.17, 15) is 18.4 Å². The maximum atomic E-state index is 12.8. The van der Waals surface area contributed by atoms with Crippen LogP contribution in [0.4, 0.5) is 13.2 Å². The van der Waals surface area contributed by atoms with E-state index in [1.165, 1.54) is 18.6 Å². The predicted octanol–water partition coefficient (Wildman–Crippen LogP) is 6.34. The molecule has 140 valence electrons. The summed E-state index contributed by atoms with van der Waals surface area (Å²) in [7, 11) is 0. The van der Waals surface area contributed by atoms with Crippen molar-refractivity contribution in [3.63, 3.8) is 0 Å². The number of alkyl halides is 3. The van der Waals surface area contributed by atoms with Gasteiger partial charge in [-0.1, -0.05) is 61.7 Å². The summed E-state index contributed by atoms with van der Waals surface area (Å²) in [5.74, 6) is 0.346. The van der Waals surface area contributed by atoms with Crippen molar-refractivity contribution < 1.29 is 13.2 Å². The van der Waals surface area contributed by atoms with Gasteiger partial charge in [-0.15, -0.1) is 0 Å². The fraction of sp³-hybridized carbons (Fsp3) is 0.364. The van der Waals surface area contributed by atoms with Crippen molar-refractivity contribution in [3.05, 3.63) is 71.3 Å². The van der Waals surface area contributed by atoms with E-state index in [4.69, 9.17) is 4.99 Å². The standard InChI is InChI=1S/C22H21F3N2/c23-22(24,25)19-13-11-16(12-14-19)20(15-26)27-21(17-7-3-1-4-8-17)18-9-5-2-6-10-18/h1,3-4,7-8,11-14,18,21H,2,5-6,9-10H2/b27-20+/t21-/m0/s1. The molecule has 0 heterocycles. The van der Waals surface area contributed by atoms with Crippen LogP contribution in [0.5, 0.6) is 0 Å². The summed E-state index contributed by atoms with van der Waals surface area (Å²) in [4.78, 5) is 4.72. The van der Waals surface area contributed by atoms with Crippen LogP contribution in [0.25, 0.3) is 0 Å². The first kappa shape index (κ1) is 19.2. The Labute approximate surface area is 157 Å². The van der Waals surface area contributed by atoms with E-state index < -0.39 is 11.7 Å². The van der Waals surface area contributed by atoms with E-state index in [2.05, 4.69) is 6.07 Å². The molecule has 2 aromatic carbocycles. The Balaban J connectivity index is 1.95. The van der Waals surface area contributed by atoms with Gasteiger partial charge in [0.15, 0.2) is 0 Å². The fourth-order valence-corrected chi connectivity index (χ4v) is 3.68. The van der Waals surface area contributed by atoms with Crippen LogP contribution in [0.1, 0.15) is 54.8 Å². The number of aliphatic imine (C=N–C) groups is 1. The Morgan fingerprint density at radius 3 is 2.15 bits per heavy atom. The molecule has 1 aliphatic carbocycles. The quantitative estimate of drug-likeness (QED) is 0.579. The smallest absolute Gasteiger partial charge is 0.265 e. The molecule has 2 aromatic rings. The van der Waals surface area contributed by atoms with Gasteiger partial charge in [-0.3, -0.25) is 4.99 Å². The summed E-state index contributed by atoms with van der Waals surface area (Å²) in [5.41, 5.74) is 0.921. The minimum absolute atomic E-state index is 0.150.